The molecule has 0 aliphatic heterocycles. The first-order chi connectivity index (χ1) is 6.95. The number of nitriles is 1. The van der Waals surface area contributed by atoms with E-state index in [0.29, 0.717) is 6.20 Å². The predicted octanol–water partition coefficient (Wildman–Crippen LogP) is 2.20. The zero-order chi connectivity index (χ0) is 11.5. The van der Waals surface area contributed by atoms with Gasteiger partial charge in [-0.2, -0.15) is 18.4 Å². The van der Waals surface area contributed by atoms with E-state index in [4.69, 9.17) is 5.26 Å². The number of carbonyl (C=O) groups excluding carboxylic acids is 1. The van der Waals surface area contributed by atoms with Crippen molar-refractivity contribution in [2.45, 2.75) is 12.6 Å². The predicted molar refractivity (Wildman–Crippen MR) is 43.8 cm³/mol. The van der Waals surface area contributed by atoms with Crippen molar-refractivity contribution >= 4 is 5.78 Å². The van der Waals surface area contributed by atoms with Crippen LogP contribution in [-0.2, 0) is 6.18 Å². The van der Waals surface area contributed by atoms with Crippen LogP contribution in [0.1, 0.15) is 22.5 Å². The van der Waals surface area contributed by atoms with E-state index in [9.17, 15) is 18.0 Å². The summed E-state index contributed by atoms with van der Waals surface area (Å²) in [6.07, 6.45) is -4.28. The maximum Gasteiger partial charge on any atom is 0.417 e. The highest BCUT2D eigenvalue weighted by Crippen LogP contribution is 2.28. The van der Waals surface area contributed by atoms with Gasteiger partial charge in [0.25, 0.3) is 0 Å². The summed E-state index contributed by atoms with van der Waals surface area (Å²) in [5, 5.41) is 8.20. The zero-order valence-corrected chi connectivity index (χ0v) is 7.38. The van der Waals surface area contributed by atoms with E-state index < -0.39 is 23.9 Å². The Morgan fingerprint density at radius 3 is 2.53 bits per heavy atom. The Morgan fingerprint density at radius 1 is 1.47 bits per heavy atom. The summed E-state index contributed by atoms with van der Waals surface area (Å²) in [7, 11) is 0. The van der Waals surface area contributed by atoms with Crippen LogP contribution in [0, 0.1) is 11.3 Å². The lowest BCUT2D eigenvalue weighted by Crippen LogP contribution is -2.07. The summed E-state index contributed by atoms with van der Waals surface area (Å²) >= 11 is 0. The number of ketones is 1. The largest absolute Gasteiger partial charge is 0.417 e. The highest BCUT2D eigenvalue weighted by atomic mass is 19.4. The van der Waals surface area contributed by atoms with Crippen LogP contribution < -0.4 is 0 Å². The Bertz CT molecular complexity index is 403. The van der Waals surface area contributed by atoms with Crippen molar-refractivity contribution in [3.05, 3.63) is 29.6 Å². The van der Waals surface area contributed by atoms with Crippen molar-refractivity contribution in [3.63, 3.8) is 0 Å². The van der Waals surface area contributed by atoms with Gasteiger partial charge in [-0.25, -0.2) is 0 Å². The lowest BCUT2D eigenvalue weighted by Gasteiger charge is -2.05. The molecule has 6 heteroatoms. The number of rotatable bonds is 2. The summed E-state index contributed by atoms with van der Waals surface area (Å²) < 4.78 is 36.3. The molecule has 15 heavy (non-hydrogen) atoms. The Hall–Kier alpha value is -1.90. The van der Waals surface area contributed by atoms with E-state index >= 15 is 0 Å². The number of nitrogens with zero attached hydrogens (tertiary/aromatic N) is 2. The molecule has 1 heterocycles. The van der Waals surface area contributed by atoms with Gasteiger partial charge in [-0.3, -0.25) is 9.78 Å². The SMILES string of the molecule is N#CCC(=O)c1ccc(C(F)(F)F)cn1. The second kappa shape index (κ2) is 4.09. The number of Topliss-reactive ketones (excluding diaryl/α,β-unsaturated/α-hetero) is 1. The van der Waals surface area contributed by atoms with Crippen LogP contribution in [0.5, 0.6) is 0 Å². The first-order valence-electron chi connectivity index (χ1n) is 3.88. The Morgan fingerprint density at radius 2 is 2.13 bits per heavy atom. The molecule has 1 aromatic rings. The van der Waals surface area contributed by atoms with Crippen LogP contribution in [0.4, 0.5) is 13.2 Å². The Labute approximate surface area is 83.2 Å². The molecule has 0 N–H and O–H groups in total. The van der Waals surface area contributed by atoms with E-state index in [2.05, 4.69) is 4.98 Å². The van der Waals surface area contributed by atoms with Gasteiger partial charge in [0.2, 0.25) is 0 Å². The highest BCUT2D eigenvalue weighted by Gasteiger charge is 2.30. The molecule has 0 spiro atoms. The van der Waals surface area contributed by atoms with Crippen LogP contribution in [-0.4, -0.2) is 10.8 Å². The molecule has 0 aliphatic rings. The van der Waals surface area contributed by atoms with Crippen molar-refractivity contribution in [2.24, 2.45) is 0 Å². The fourth-order valence-electron chi connectivity index (χ4n) is 0.889. The fourth-order valence-corrected chi connectivity index (χ4v) is 0.889. The smallest absolute Gasteiger partial charge is 0.291 e. The van der Waals surface area contributed by atoms with E-state index in [0.717, 1.165) is 12.1 Å². The third-order valence-electron chi connectivity index (χ3n) is 1.62. The molecular weight excluding hydrogens is 209 g/mol. The van der Waals surface area contributed by atoms with Crippen molar-refractivity contribution in [1.29, 1.82) is 5.26 Å². The quantitative estimate of drug-likeness (QED) is 0.709. The van der Waals surface area contributed by atoms with E-state index in [1.54, 1.807) is 6.07 Å². The third-order valence-corrected chi connectivity index (χ3v) is 1.62. The molecule has 0 unspecified atom stereocenters. The minimum atomic E-state index is -4.47. The number of carbonyl (C=O) groups is 1. The summed E-state index contributed by atoms with van der Waals surface area (Å²) in [5.74, 6) is -0.591. The molecule has 0 radical (unpaired) electrons. The number of hydrogen-bond acceptors (Lipinski definition) is 3. The molecule has 78 valence electrons. The van der Waals surface area contributed by atoms with E-state index in [1.165, 1.54) is 0 Å². The number of hydrogen-bond donors (Lipinski definition) is 0. The molecule has 0 aliphatic carbocycles. The third kappa shape index (κ3) is 2.77. The fraction of sp³-hybridized carbons (Fsp3) is 0.222. The van der Waals surface area contributed by atoms with Crippen LogP contribution in [0.25, 0.3) is 0 Å². The van der Waals surface area contributed by atoms with Gasteiger partial charge in [-0.1, -0.05) is 0 Å². The minimum Gasteiger partial charge on any atom is -0.291 e. The monoisotopic (exact) mass is 214 g/mol. The van der Waals surface area contributed by atoms with Gasteiger partial charge in [0.1, 0.15) is 12.1 Å². The zero-order valence-electron chi connectivity index (χ0n) is 7.38. The summed E-state index contributed by atoms with van der Waals surface area (Å²) in [4.78, 5) is 14.4. The molecular formula is C9H5F3N2O. The van der Waals surface area contributed by atoms with Crippen molar-refractivity contribution < 1.29 is 18.0 Å². The molecule has 0 atom stereocenters. The lowest BCUT2D eigenvalue weighted by molar-refractivity contribution is -0.137. The van der Waals surface area contributed by atoms with Gasteiger partial charge < -0.3 is 0 Å². The number of pyridine rings is 1. The van der Waals surface area contributed by atoms with Crippen molar-refractivity contribution in [1.82, 2.24) is 4.98 Å². The maximum absolute atomic E-state index is 12.1. The normalized spacial score (nSPS) is 10.8. The van der Waals surface area contributed by atoms with Gasteiger partial charge in [0.15, 0.2) is 5.78 Å². The van der Waals surface area contributed by atoms with Crippen LogP contribution >= 0.6 is 0 Å². The molecule has 1 rings (SSSR count). The van der Waals surface area contributed by atoms with Gasteiger partial charge in [-0.05, 0) is 12.1 Å². The van der Waals surface area contributed by atoms with Gasteiger partial charge in [-0.15, -0.1) is 0 Å². The molecule has 1 aromatic heterocycles. The molecule has 0 fully saturated rings. The van der Waals surface area contributed by atoms with E-state index in [-0.39, 0.29) is 5.69 Å². The van der Waals surface area contributed by atoms with Crippen molar-refractivity contribution in [2.75, 3.05) is 0 Å². The maximum atomic E-state index is 12.1. The first-order valence-corrected chi connectivity index (χ1v) is 3.88. The summed E-state index contributed by atoms with van der Waals surface area (Å²) in [5.41, 5.74) is -1.06. The minimum absolute atomic E-state index is 0.135. The number of alkyl halides is 3. The average molecular weight is 214 g/mol. The number of halogens is 3. The molecule has 0 saturated heterocycles. The van der Waals surface area contributed by atoms with Crippen molar-refractivity contribution in [3.8, 4) is 6.07 Å². The molecule has 0 aromatic carbocycles. The topological polar surface area (TPSA) is 53.8 Å². The second-order valence-electron chi connectivity index (χ2n) is 2.69. The van der Waals surface area contributed by atoms with Crippen LogP contribution in [0.3, 0.4) is 0 Å². The Balaban J connectivity index is 2.92. The van der Waals surface area contributed by atoms with Crippen LogP contribution in [0.2, 0.25) is 0 Å². The van der Waals surface area contributed by atoms with Crippen LogP contribution in [0.15, 0.2) is 18.3 Å². The second-order valence-corrected chi connectivity index (χ2v) is 2.69. The molecule has 0 bridgehead atoms. The Kier molecular flexibility index (Phi) is 3.04. The average Bonchev–Trinajstić information content (AvgIpc) is 2.17. The first kappa shape index (κ1) is 11.2. The highest BCUT2D eigenvalue weighted by molar-refractivity contribution is 5.95. The molecule has 3 nitrogen and oxygen atoms in total. The van der Waals surface area contributed by atoms with Gasteiger partial charge in [0.05, 0.1) is 11.6 Å². The summed E-state index contributed by atoms with van der Waals surface area (Å²) in [6, 6.07) is 3.32. The van der Waals surface area contributed by atoms with Gasteiger partial charge >= 0.3 is 6.18 Å². The standard InChI is InChI=1S/C9H5F3N2O/c10-9(11,12)6-1-2-7(14-5-6)8(15)3-4-13/h1-2,5H,3H2. The summed E-state index contributed by atoms with van der Waals surface area (Å²) in [6.45, 7) is 0. The lowest BCUT2D eigenvalue weighted by atomic mass is 10.2. The number of aromatic nitrogens is 1. The molecule has 0 saturated carbocycles. The van der Waals surface area contributed by atoms with E-state index in [1.807, 2.05) is 0 Å². The van der Waals surface area contributed by atoms with Gasteiger partial charge in [0, 0.05) is 6.20 Å². The molecule has 0 amide bonds.